The lowest BCUT2D eigenvalue weighted by molar-refractivity contribution is -0.144. The monoisotopic (exact) mass is 367 g/mol. The number of benzene rings is 2. The summed E-state index contributed by atoms with van der Waals surface area (Å²) in [6.07, 6.45) is -0.0190. The van der Waals surface area contributed by atoms with Crippen LogP contribution in [0.2, 0.25) is 0 Å². The van der Waals surface area contributed by atoms with Crippen molar-refractivity contribution < 1.29 is 19.1 Å². The van der Waals surface area contributed by atoms with E-state index in [2.05, 4.69) is 0 Å². The number of hydrogen-bond donors (Lipinski definition) is 0. The van der Waals surface area contributed by atoms with E-state index in [-0.39, 0.29) is 24.5 Å². The Morgan fingerprint density at radius 3 is 2.19 bits per heavy atom. The number of amides is 1. The molecule has 1 aliphatic heterocycles. The molecule has 0 bridgehead atoms. The standard InChI is InChI=1S/C22H25NO4/c1-3-18(15-19(24)26-4-2)23-20(16-11-7-5-8-12-16)21(27-22(23)25)17-13-9-6-10-14-17/h5-14,18,20-21H,3-4,15H2,1-2H3/t18-,20-,21+/m1/s1. The van der Waals surface area contributed by atoms with Crippen LogP contribution in [0.5, 0.6) is 0 Å². The minimum Gasteiger partial charge on any atom is -0.466 e. The Hall–Kier alpha value is -2.82. The van der Waals surface area contributed by atoms with Gasteiger partial charge in [0, 0.05) is 6.04 Å². The predicted molar refractivity (Wildman–Crippen MR) is 102 cm³/mol. The van der Waals surface area contributed by atoms with Crippen molar-refractivity contribution in [3.05, 3.63) is 71.8 Å². The van der Waals surface area contributed by atoms with Gasteiger partial charge in [0.15, 0.2) is 6.10 Å². The highest BCUT2D eigenvalue weighted by atomic mass is 16.6. The van der Waals surface area contributed by atoms with Crippen LogP contribution in [0.3, 0.4) is 0 Å². The van der Waals surface area contributed by atoms with Gasteiger partial charge in [-0.2, -0.15) is 0 Å². The molecule has 0 aromatic heterocycles. The molecule has 0 radical (unpaired) electrons. The zero-order valence-electron chi connectivity index (χ0n) is 15.7. The summed E-state index contributed by atoms with van der Waals surface area (Å²) in [5.41, 5.74) is 1.92. The van der Waals surface area contributed by atoms with Gasteiger partial charge in [-0.15, -0.1) is 0 Å². The molecule has 1 fully saturated rings. The number of nitrogens with zero attached hydrogens (tertiary/aromatic N) is 1. The molecule has 1 saturated heterocycles. The summed E-state index contributed by atoms with van der Waals surface area (Å²) in [5, 5.41) is 0. The third-order valence-corrected chi connectivity index (χ3v) is 4.87. The lowest BCUT2D eigenvalue weighted by Gasteiger charge is -2.31. The first kappa shape index (κ1) is 19.0. The van der Waals surface area contributed by atoms with Crippen LogP contribution >= 0.6 is 0 Å². The van der Waals surface area contributed by atoms with Crippen molar-refractivity contribution in [3.63, 3.8) is 0 Å². The summed E-state index contributed by atoms with van der Waals surface area (Å²) < 4.78 is 10.9. The lowest BCUT2D eigenvalue weighted by Crippen LogP contribution is -2.39. The fraction of sp³-hybridized carbons (Fsp3) is 0.364. The molecule has 3 rings (SSSR count). The molecule has 2 aromatic rings. The van der Waals surface area contributed by atoms with E-state index in [1.54, 1.807) is 11.8 Å². The van der Waals surface area contributed by atoms with Gasteiger partial charge in [0.25, 0.3) is 0 Å². The molecule has 142 valence electrons. The summed E-state index contributed by atoms with van der Waals surface area (Å²) in [6, 6.07) is 19.0. The van der Waals surface area contributed by atoms with Crippen LogP contribution in [0.25, 0.3) is 0 Å². The first-order chi connectivity index (χ1) is 13.2. The number of esters is 1. The molecule has 0 unspecified atom stereocenters. The van der Waals surface area contributed by atoms with E-state index in [0.717, 1.165) is 11.1 Å². The van der Waals surface area contributed by atoms with Crippen molar-refractivity contribution in [2.24, 2.45) is 0 Å². The van der Waals surface area contributed by atoms with Crippen LogP contribution < -0.4 is 0 Å². The maximum atomic E-state index is 12.8. The van der Waals surface area contributed by atoms with Crippen molar-refractivity contribution in [1.82, 2.24) is 4.90 Å². The molecule has 2 aromatic carbocycles. The van der Waals surface area contributed by atoms with Crippen molar-refractivity contribution in [3.8, 4) is 0 Å². The maximum Gasteiger partial charge on any atom is 0.411 e. The number of carbonyl (C=O) groups excluding carboxylic acids is 2. The van der Waals surface area contributed by atoms with Gasteiger partial charge < -0.3 is 9.47 Å². The van der Waals surface area contributed by atoms with E-state index >= 15 is 0 Å². The highest BCUT2D eigenvalue weighted by molar-refractivity contribution is 5.75. The number of cyclic esters (lactones) is 1. The van der Waals surface area contributed by atoms with Crippen molar-refractivity contribution >= 4 is 12.1 Å². The average molecular weight is 367 g/mol. The molecule has 1 amide bonds. The summed E-state index contributed by atoms with van der Waals surface area (Å²) in [6.45, 7) is 4.07. The molecule has 0 N–H and O–H groups in total. The largest absolute Gasteiger partial charge is 0.466 e. The number of ether oxygens (including phenoxy) is 2. The van der Waals surface area contributed by atoms with E-state index in [1.165, 1.54) is 0 Å². The Kier molecular flexibility index (Phi) is 6.12. The van der Waals surface area contributed by atoms with Crippen LogP contribution in [-0.2, 0) is 14.3 Å². The van der Waals surface area contributed by atoms with Crippen molar-refractivity contribution in [2.75, 3.05) is 6.61 Å². The Labute approximate surface area is 159 Å². The summed E-state index contributed by atoms with van der Waals surface area (Å²) in [4.78, 5) is 26.6. The highest BCUT2D eigenvalue weighted by Crippen LogP contribution is 2.44. The fourth-order valence-corrected chi connectivity index (χ4v) is 3.60. The quantitative estimate of drug-likeness (QED) is 0.668. The molecule has 3 atom stereocenters. The van der Waals surface area contributed by atoms with Gasteiger partial charge in [-0.05, 0) is 24.5 Å². The highest BCUT2D eigenvalue weighted by Gasteiger charge is 2.46. The lowest BCUT2D eigenvalue weighted by atomic mass is 9.93. The first-order valence-electron chi connectivity index (χ1n) is 9.40. The van der Waals surface area contributed by atoms with Gasteiger partial charge in [0.1, 0.15) is 6.04 Å². The molecular formula is C22H25NO4. The fourth-order valence-electron chi connectivity index (χ4n) is 3.60. The van der Waals surface area contributed by atoms with Gasteiger partial charge in [0.2, 0.25) is 0 Å². The third-order valence-electron chi connectivity index (χ3n) is 4.87. The zero-order valence-corrected chi connectivity index (χ0v) is 15.7. The molecule has 27 heavy (non-hydrogen) atoms. The van der Waals surface area contributed by atoms with Crippen LogP contribution in [0.4, 0.5) is 4.79 Å². The molecule has 0 saturated carbocycles. The Bertz CT molecular complexity index is 762. The molecule has 1 aliphatic rings. The van der Waals surface area contributed by atoms with E-state index in [0.29, 0.717) is 13.0 Å². The smallest absolute Gasteiger partial charge is 0.411 e. The molecule has 0 spiro atoms. The topological polar surface area (TPSA) is 55.8 Å². The van der Waals surface area contributed by atoms with Crippen LogP contribution in [0, 0.1) is 0 Å². The molecule has 0 aliphatic carbocycles. The van der Waals surface area contributed by atoms with Crippen molar-refractivity contribution in [1.29, 1.82) is 0 Å². The van der Waals surface area contributed by atoms with Gasteiger partial charge in [-0.1, -0.05) is 67.6 Å². The summed E-state index contributed by atoms with van der Waals surface area (Å²) in [5.74, 6) is -0.299. The molecular weight excluding hydrogens is 342 g/mol. The van der Waals surface area contributed by atoms with Gasteiger partial charge >= 0.3 is 12.1 Å². The van der Waals surface area contributed by atoms with Crippen LogP contribution in [-0.4, -0.2) is 29.6 Å². The van der Waals surface area contributed by atoms with Gasteiger partial charge in [-0.25, -0.2) is 4.79 Å². The van der Waals surface area contributed by atoms with Gasteiger partial charge in [-0.3, -0.25) is 9.69 Å². The minimum atomic E-state index is -0.419. The third kappa shape index (κ3) is 4.13. The van der Waals surface area contributed by atoms with Crippen LogP contribution in [0.1, 0.15) is 50.0 Å². The number of rotatable bonds is 7. The van der Waals surface area contributed by atoms with Crippen molar-refractivity contribution in [2.45, 2.75) is 44.9 Å². The van der Waals surface area contributed by atoms with E-state index in [4.69, 9.17) is 9.47 Å². The molecule has 5 heteroatoms. The Balaban J connectivity index is 1.97. The van der Waals surface area contributed by atoms with E-state index in [1.807, 2.05) is 67.6 Å². The number of carbonyl (C=O) groups is 2. The van der Waals surface area contributed by atoms with Crippen LogP contribution in [0.15, 0.2) is 60.7 Å². The second-order valence-corrected chi connectivity index (χ2v) is 6.55. The molecule has 1 heterocycles. The zero-order chi connectivity index (χ0) is 19.2. The minimum absolute atomic E-state index is 0.157. The SMILES string of the molecule is CCOC(=O)C[C@@H](CC)N1C(=O)O[C@@H](c2ccccc2)[C@H]1c1ccccc1. The second-order valence-electron chi connectivity index (χ2n) is 6.55. The second kappa shape index (κ2) is 8.71. The van der Waals surface area contributed by atoms with Gasteiger partial charge in [0.05, 0.1) is 13.0 Å². The molecule has 5 nitrogen and oxygen atoms in total. The van der Waals surface area contributed by atoms with E-state index in [9.17, 15) is 9.59 Å². The number of hydrogen-bond acceptors (Lipinski definition) is 4. The van der Waals surface area contributed by atoms with E-state index < -0.39 is 12.2 Å². The Morgan fingerprint density at radius 2 is 1.63 bits per heavy atom. The summed E-state index contributed by atoms with van der Waals surface area (Å²) >= 11 is 0. The normalized spacial score (nSPS) is 20.2. The maximum absolute atomic E-state index is 12.8. The summed E-state index contributed by atoms with van der Waals surface area (Å²) in [7, 11) is 0. The first-order valence-corrected chi connectivity index (χ1v) is 9.40. The average Bonchev–Trinajstić information content (AvgIpc) is 3.05. The Morgan fingerprint density at radius 1 is 1.04 bits per heavy atom. The predicted octanol–water partition coefficient (Wildman–Crippen LogP) is 4.65.